The van der Waals surface area contributed by atoms with E-state index in [1.165, 1.54) is 0 Å². The first-order valence-corrected chi connectivity index (χ1v) is 11.8. The van der Waals surface area contributed by atoms with E-state index in [0.717, 1.165) is 22.6 Å². The van der Waals surface area contributed by atoms with Crippen molar-refractivity contribution in [2.75, 3.05) is 6.61 Å². The first-order chi connectivity index (χ1) is 16.2. The molecule has 8 heteroatoms. The number of hydrogen-bond donors (Lipinski definition) is 3. The number of nitrogens with one attached hydrogen (secondary N) is 1. The summed E-state index contributed by atoms with van der Waals surface area (Å²) in [4.78, 5) is 17.5. The van der Waals surface area contributed by atoms with Crippen LogP contribution in [0.4, 0.5) is 0 Å². The lowest BCUT2D eigenvalue weighted by Gasteiger charge is -2.19. The number of nitrogens with zero attached hydrogens (tertiary/aromatic N) is 2. The van der Waals surface area contributed by atoms with Gasteiger partial charge in [-0.15, -0.1) is 0 Å². The highest BCUT2D eigenvalue weighted by Crippen LogP contribution is 2.27. The van der Waals surface area contributed by atoms with E-state index in [-0.39, 0.29) is 30.7 Å². The molecule has 3 aromatic rings. The highest BCUT2D eigenvalue weighted by molar-refractivity contribution is 6.32. The molecule has 0 aliphatic rings. The second-order valence-electron chi connectivity index (χ2n) is 8.78. The summed E-state index contributed by atoms with van der Waals surface area (Å²) in [7, 11) is 1.93. The van der Waals surface area contributed by atoms with Crippen LogP contribution in [0.3, 0.4) is 0 Å². The fourth-order valence-corrected chi connectivity index (χ4v) is 4.01. The highest BCUT2D eigenvalue weighted by atomic mass is 35.5. The average Bonchev–Trinajstić information content (AvgIpc) is 3.17. The van der Waals surface area contributed by atoms with Gasteiger partial charge < -0.3 is 25.5 Å². The molecule has 1 heterocycles. The standard InChI is InChI=1S/C26H33ClN4O3/c1-16(2)34-24-10-9-20(14-22(24)27)26(33)29-21(11-12-32)13-18-5-7-19(8-6-18)23-15-31(4)25(30-23)17(3)28/h5-10,14-17,21,32H,11-13,28H2,1-4H3,(H,29,33)/t17?,21-/m1/s1. The van der Waals surface area contributed by atoms with Gasteiger partial charge in [0.25, 0.3) is 5.91 Å². The maximum atomic E-state index is 12.8. The molecule has 0 aliphatic carbocycles. The molecule has 1 unspecified atom stereocenters. The van der Waals surface area contributed by atoms with Crippen LogP contribution < -0.4 is 15.8 Å². The predicted molar refractivity (Wildman–Crippen MR) is 135 cm³/mol. The van der Waals surface area contributed by atoms with Crippen molar-refractivity contribution in [1.82, 2.24) is 14.9 Å². The number of amides is 1. The summed E-state index contributed by atoms with van der Waals surface area (Å²) >= 11 is 6.28. The van der Waals surface area contributed by atoms with Crippen LogP contribution in [0.5, 0.6) is 5.75 Å². The summed E-state index contributed by atoms with van der Waals surface area (Å²) in [6, 6.07) is 12.7. The number of carbonyl (C=O) groups is 1. The molecule has 0 fully saturated rings. The fraction of sp³-hybridized carbons (Fsp3) is 0.385. The molecule has 0 saturated carbocycles. The van der Waals surface area contributed by atoms with Crippen molar-refractivity contribution >= 4 is 17.5 Å². The van der Waals surface area contributed by atoms with Crippen molar-refractivity contribution in [3.8, 4) is 17.0 Å². The van der Waals surface area contributed by atoms with Crippen molar-refractivity contribution in [2.24, 2.45) is 12.8 Å². The van der Waals surface area contributed by atoms with E-state index in [1.54, 1.807) is 18.2 Å². The zero-order chi connectivity index (χ0) is 24.8. The molecular weight excluding hydrogens is 452 g/mol. The lowest BCUT2D eigenvalue weighted by Crippen LogP contribution is -2.37. The summed E-state index contributed by atoms with van der Waals surface area (Å²) in [5.74, 6) is 1.12. The van der Waals surface area contributed by atoms with Crippen LogP contribution in [0.25, 0.3) is 11.3 Å². The van der Waals surface area contributed by atoms with E-state index in [0.29, 0.717) is 29.2 Å². The van der Waals surface area contributed by atoms with Crippen LogP contribution in [-0.2, 0) is 13.5 Å². The van der Waals surface area contributed by atoms with Gasteiger partial charge in [0.15, 0.2) is 0 Å². The van der Waals surface area contributed by atoms with Gasteiger partial charge in [-0.25, -0.2) is 4.98 Å². The number of nitrogens with two attached hydrogens (primary N) is 1. The molecular formula is C26H33ClN4O3. The van der Waals surface area contributed by atoms with Gasteiger partial charge in [-0.2, -0.15) is 0 Å². The molecule has 0 bridgehead atoms. The fourth-order valence-electron chi connectivity index (χ4n) is 3.78. The Morgan fingerprint density at radius 3 is 2.47 bits per heavy atom. The Morgan fingerprint density at radius 2 is 1.91 bits per heavy atom. The second-order valence-corrected chi connectivity index (χ2v) is 9.19. The van der Waals surface area contributed by atoms with E-state index < -0.39 is 0 Å². The second kappa shape index (κ2) is 11.5. The van der Waals surface area contributed by atoms with E-state index in [4.69, 9.17) is 22.1 Å². The Kier molecular flexibility index (Phi) is 8.72. The average molecular weight is 485 g/mol. The minimum absolute atomic E-state index is 0.0126. The Bertz CT molecular complexity index is 1110. The molecule has 182 valence electrons. The first-order valence-electron chi connectivity index (χ1n) is 11.4. The molecule has 2 atom stereocenters. The van der Waals surface area contributed by atoms with E-state index in [2.05, 4.69) is 10.3 Å². The number of ether oxygens (including phenoxy) is 1. The normalized spacial score (nSPS) is 13.1. The zero-order valence-electron chi connectivity index (χ0n) is 20.1. The van der Waals surface area contributed by atoms with Crippen molar-refractivity contribution in [2.45, 2.75) is 51.8 Å². The van der Waals surface area contributed by atoms with Gasteiger partial charge in [0.2, 0.25) is 0 Å². The quantitative estimate of drug-likeness (QED) is 0.399. The van der Waals surface area contributed by atoms with Crippen molar-refractivity contribution in [3.05, 3.63) is 70.6 Å². The molecule has 2 aromatic carbocycles. The number of carbonyl (C=O) groups excluding carboxylic acids is 1. The number of rotatable bonds is 10. The highest BCUT2D eigenvalue weighted by Gasteiger charge is 2.17. The van der Waals surface area contributed by atoms with Crippen LogP contribution in [0.1, 0.15) is 55.0 Å². The van der Waals surface area contributed by atoms with Crippen LogP contribution in [0, 0.1) is 0 Å². The predicted octanol–water partition coefficient (Wildman–Crippen LogP) is 4.27. The van der Waals surface area contributed by atoms with Crippen LogP contribution in [0.2, 0.25) is 5.02 Å². The van der Waals surface area contributed by atoms with Gasteiger partial charge in [0.1, 0.15) is 11.6 Å². The molecule has 0 radical (unpaired) electrons. The van der Waals surface area contributed by atoms with E-state index in [1.807, 2.05) is 62.8 Å². The summed E-state index contributed by atoms with van der Waals surface area (Å²) in [6.45, 7) is 5.71. The maximum absolute atomic E-state index is 12.8. The summed E-state index contributed by atoms with van der Waals surface area (Å²) in [5.41, 5.74) is 9.32. The number of halogens is 1. The number of benzene rings is 2. The molecule has 1 aromatic heterocycles. The molecule has 3 rings (SSSR count). The molecule has 0 spiro atoms. The van der Waals surface area contributed by atoms with Crippen LogP contribution in [0.15, 0.2) is 48.7 Å². The summed E-state index contributed by atoms with van der Waals surface area (Å²) in [6.07, 6.45) is 2.97. The number of hydrogen-bond acceptors (Lipinski definition) is 5. The summed E-state index contributed by atoms with van der Waals surface area (Å²) in [5, 5.41) is 12.9. The lowest BCUT2D eigenvalue weighted by atomic mass is 10.0. The largest absolute Gasteiger partial charge is 0.489 e. The zero-order valence-corrected chi connectivity index (χ0v) is 20.8. The Labute approximate surface area is 205 Å². The molecule has 0 saturated heterocycles. The smallest absolute Gasteiger partial charge is 0.251 e. The Morgan fingerprint density at radius 1 is 1.21 bits per heavy atom. The van der Waals surface area contributed by atoms with Crippen molar-refractivity contribution in [3.63, 3.8) is 0 Å². The number of aryl methyl sites for hydroxylation is 1. The third-order valence-corrected chi connectivity index (χ3v) is 5.72. The van der Waals surface area contributed by atoms with Gasteiger partial charge in [-0.3, -0.25) is 4.79 Å². The van der Waals surface area contributed by atoms with Crippen molar-refractivity contribution < 1.29 is 14.6 Å². The van der Waals surface area contributed by atoms with Crippen LogP contribution in [-0.4, -0.2) is 39.3 Å². The number of aliphatic hydroxyl groups excluding tert-OH is 1. The maximum Gasteiger partial charge on any atom is 0.251 e. The topological polar surface area (TPSA) is 102 Å². The molecule has 0 aliphatic heterocycles. The lowest BCUT2D eigenvalue weighted by molar-refractivity contribution is 0.0930. The Balaban J connectivity index is 1.68. The minimum Gasteiger partial charge on any atom is -0.489 e. The SMILES string of the molecule is CC(C)Oc1ccc(C(=O)N[C@H](CCO)Cc2ccc(-c3cn(C)c(C(C)N)n3)cc2)cc1Cl. The molecule has 7 nitrogen and oxygen atoms in total. The monoisotopic (exact) mass is 484 g/mol. The number of aliphatic hydroxyl groups is 1. The van der Waals surface area contributed by atoms with Gasteiger partial charge >= 0.3 is 0 Å². The number of aromatic nitrogens is 2. The van der Waals surface area contributed by atoms with Crippen molar-refractivity contribution in [1.29, 1.82) is 0 Å². The van der Waals surface area contributed by atoms with E-state index in [9.17, 15) is 9.90 Å². The van der Waals surface area contributed by atoms with Gasteiger partial charge in [0.05, 0.1) is 22.9 Å². The number of imidazole rings is 1. The van der Waals surface area contributed by atoms with Gasteiger partial charge in [0, 0.05) is 37.0 Å². The van der Waals surface area contributed by atoms with E-state index >= 15 is 0 Å². The molecule has 34 heavy (non-hydrogen) atoms. The van der Waals surface area contributed by atoms with Gasteiger partial charge in [-0.1, -0.05) is 35.9 Å². The molecule has 4 N–H and O–H groups in total. The Hall–Kier alpha value is -2.87. The van der Waals surface area contributed by atoms with Crippen LogP contribution >= 0.6 is 11.6 Å². The first kappa shape index (κ1) is 25.7. The molecule has 1 amide bonds. The third kappa shape index (κ3) is 6.59. The third-order valence-electron chi connectivity index (χ3n) is 5.42. The summed E-state index contributed by atoms with van der Waals surface area (Å²) < 4.78 is 7.57. The minimum atomic E-state index is -0.245. The van der Waals surface area contributed by atoms with Gasteiger partial charge in [-0.05, 0) is 57.4 Å².